The highest BCUT2D eigenvalue weighted by Gasteiger charge is 2.16. The van der Waals surface area contributed by atoms with Crippen molar-refractivity contribution in [3.8, 4) is 5.75 Å². The van der Waals surface area contributed by atoms with Crippen LogP contribution in [0.3, 0.4) is 0 Å². The zero-order valence-corrected chi connectivity index (χ0v) is 11.1. The van der Waals surface area contributed by atoms with Crippen molar-refractivity contribution < 1.29 is 9.47 Å². The van der Waals surface area contributed by atoms with Crippen molar-refractivity contribution in [2.75, 3.05) is 26.9 Å². The molecule has 0 saturated carbocycles. The second-order valence-electron chi connectivity index (χ2n) is 4.72. The summed E-state index contributed by atoms with van der Waals surface area (Å²) in [7, 11) is 1.67. The monoisotopic (exact) mass is 258 g/mol. The molecule has 1 aromatic heterocycles. The van der Waals surface area contributed by atoms with Crippen molar-refractivity contribution in [3.63, 3.8) is 0 Å². The predicted molar refractivity (Wildman–Crippen MR) is 74.5 cm³/mol. The lowest BCUT2D eigenvalue weighted by molar-refractivity contribution is 0.132. The van der Waals surface area contributed by atoms with Gasteiger partial charge in [-0.3, -0.25) is 4.98 Å². The molecule has 1 N–H and O–H groups in total. The molecular formula is C15H18N2O2. The fraction of sp³-hybridized carbons (Fsp3) is 0.400. The average molecular weight is 258 g/mol. The van der Waals surface area contributed by atoms with Gasteiger partial charge in [-0.05, 0) is 36.7 Å². The topological polar surface area (TPSA) is 43.4 Å². The van der Waals surface area contributed by atoms with Gasteiger partial charge in [0.1, 0.15) is 5.75 Å². The summed E-state index contributed by atoms with van der Waals surface area (Å²) in [6.07, 6.45) is 2.91. The Bertz CT molecular complexity index is 563. The van der Waals surface area contributed by atoms with Gasteiger partial charge in [0.25, 0.3) is 0 Å². The molecule has 1 aliphatic rings. The number of ether oxygens (including phenoxy) is 2. The van der Waals surface area contributed by atoms with Gasteiger partial charge in [-0.25, -0.2) is 0 Å². The SMILES string of the molecule is COc1ccc2c(C3COCCCN3)ccnc2c1. The molecule has 0 amide bonds. The van der Waals surface area contributed by atoms with E-state index in [4.69, 9.17) is 9.47 Å². The second-order valence-corrected chi connectivity index (χ2v) is 4.72. The quantitative estimate of drug-likeness (QED) is 0.897. The zero-order chi connectivity index (χ0) is 13.1. The van der Waals surface area contributed by atoms with Crippen molar-refractivity contribution in [2.45, 2.75) is 12.5 Å². The van der Waals surface area contributed by atoms with Gasteiger partial charge in [0, 0.05) is 24.3 Å². The number of nitrogens with zero attached hydrogens (tertiary/aromatic N) is 1. The molecule has 1 atom stereocenters. The van der Waals surface area contributed by atoms with Gasteiger partial charge in [0.2, 0.25) is 0 Å². The van der Waals surface area contributed by atoms with Crippen LogP contribution in [0.25, 0.3) is 10.9 Å². The molecule has 0 aliphatic carbocycles. The fourth-order valence-corrected chi connectivity index (χ4v) is 2.49. The van der Waals surface area contributed by atoms with Crippen LogP contribution in [-0.4, -0.2) is 31.9 Å². The van der Waals surface area contributed by atoms with Crippen LogP contribution in [0.5, 0.6) is 5.75 Å². The highest BCUT2D eigenvalue weighted by Crippen LogP contribution is 2.26. The normalized spacial score (nSPS) is 20.2. The first-order valence-corrected chi connectivity index (χ1v) is 6.62. The number of benzene rings is 1. The highest BCUT2D eigenvalue weighted by molar-refractivity contribution is 5.83. The standard InChI is InChI=1S/C15H18N2O2/c1-18-11-3-4-12-13(5-7-17-14(12)9-11)15-10-19-8-2-6-16-15/h3-5,7,9,15-16H,2,6,8,10H2,1H3. The van der Waals surface area contributed by atoms with E-state index < -0.39 is 0 Å². The van der Waals surface area contributed by atoms with E-state index in [1.54, 1.807) is 7.11 Å². The summed E-state index contributed by atoms with van der Waals surface area (Å²) in [5.74, 6) is 0.835. The molecule has 1 aromatic carbocycles. The van der Waals surface area contributed by atoms with Crippen molar-refractivity contribution in [1.82, 2.24) is 10.3 Å². The molecule has 1 aliphatic heterocycles. The van der Waals surface area contributed by atoms with Gasteiger partial charge in [-0.2, -0.15) is 0 Å². The third-order valence-electron chi connectivity index (χ3n) is 3.50. The number of aromatic nitrogens is 1. The minimum atomic E-state index is 0.237. The van der Waals surface area contributed by atoms with E-state index >= 15 is 0 Å². The summed E-state index contributed by atoms with van der Waals surface area (Å²) in [6.45, 7) is 2.54. The summed E-state index contributed by atoms with van der Waals surface area (Å²) >= 11 is 0. The third kappa shape index (κ3) is 2.55. The van der Waals surface area contributed by atoms with E-state index in [0.717, 1.165) is 36.2 Å². The largest absolute Gasteiger partial charge is 0.497 e. The number of hydrogen-bond donors (Lipinski definition) is 1. The maximum atomic E-state index is 5.65. The van der Waals surface area contributed by atoms with Crippen molar-refractivity contribution >= 4 is 10.9 Å². The van der Waals surface area contributed by atoms with Gasteiger partial charge in [0.05, 0.1) is 25.3 Å². The van der Waals surface area contributed by atoms with Gasteiger partial charge >= 0.3 is 0 Å². The van der Waals surface area contributed by atoms with Crippen LogP contribution in [0.2, 0.25) is 0 Å². The number of fused-ring (bicyclic) bond motifs is 1. The van der Waals surface area contributed by atoms with Crippen LogP contribution in [0, 0.1) is 0 Å². The predicted octanol–water partition coefficient (Wildman–Crippen LogP) is 2.29. The number of methoxy groups -OCH3 is 1. The maximum absolute atomic E-state index is 5.65. The number of hydrogen-bond acceptors (Lipinski definition) is 4. The molecule has 2 aromatic rings. The Morgan fingerprint density at radius 1 is 1.37 bits per heavy atom. The molecule has 1 saturated heterocycles. The van der Waals surface area contributed by atoms with E-state index in [1.165, 1.54) is 5.56 Å². The van der Waals surface area contributed by atoms with Gasteiger partial charge in [-0.1, -0.05) is 0 Å². The Morgan fingerprint density at radius 2 is 2.32 bits per heavy atom. The Labute approximate surface area is 112 Å². The molecule has 0 spiro atoms. The van der Waals surface area contributed by atoms with Crippen LogP contribution in [0.1, 0.15) is 18.0 Å². The lowest BCUT2D eigenvalue weighted by Crippen LogP contribution is -2.23. The Hall–Kier alpha value is -1.65. The first kappa shape index (κ1) is 12.4. The van der Waals surface area contributed by atoms with E-state index in [9.17, 15) is 0 Å². The molecule has 0 bridgehead atoms. The zero-order valence-electron chi connectivity index (χ0n) is 11.1. The number of rotatable bonds is 2. The van der Waals surface area contributed by atoms with E-state index in [1.807, 2.05) is 18.3 Å². The molecular weight excluding hydrogens is 240 g/mol. The molecule has 4 nitrogen and oxygen atoms in total. The van der Waals surface area contributed by atoms with Crippen LogP contribution in [0.4, 0.5) is 0 Å². The Morgan fingerprint density at radius 3 is 3.21 bits per heavy atom. The van der Waals surface area contributed by atoms with Crippen LogP contribution >= 0.6 is 0 Å². The van der Waals surface area contributed by atoms with Crippen LogP contribution in [0.15, 0.2) is 30.5 Å². The van der Waals surface area contributed by atoms with E-state index in [2.05, 4.69) is 22.4 Å². The van der Waals surface area contributed by atoms with Crippen molar-refractivity contribution in [2.24, 2.45) is 0 Å². The summed E-state index contributed by atoms with van der Waals surface area (Å²) in [5.41, 5.74) is 2.21. The van der Waals surface area contributed by atoms with E-state index in [0.29, 0.717) is 6.61 Å². The third-order valence-corrected chi connectivity index (χ3v) is 3.50. The van der Waals surface area contributed by atoms with Crippen LogP contribution < -0.4 is 10.1 Å². The molecule has 100 valence electrons. The molecule has 1 unspecified atom stereocenters. The molecule has 3 rings (SSSR count). The summed E-state index contributed by atoms with van der Waals surface area (Å²) in [6, 6.07) is 8.33. The maximum Gasteiger partial charge on any atom is 0.121 e. The van der Waals surface area contributed by atoms with Gasteiger partial charge < -0.3 is 14.8 Å². The Balaban J connectivity index is 2.02. The lowest BCUT2D eigenvalue weighted by atomic mass is 10.0. The van der Waals surface area contributed by atoms with E-state index in [-0.39, 0.29) is 6.04 Å². The van der Waals surface area contributed by atoms with Crippen molar-refractivity contribution in [3.05, 3.63) is 36.0 Å². The lowest BCUT2D eigenvalue weighted by Gasteiger charge is -2.17. The summed E-state index contributed by atoms with van der Waals surface area (Å²) < 4.78 is 10.9. The van der Waals surface area contributed by atoms with Crippen LogP contribution in [-0.2, 0) is 4.74 Å². The summed E-state index contributed by atoms with van der Waals surface area (Å²) in [4.78, 5) is 4.42. The first-order chi connectivity index (χ1) is 9.38. The van der Waals surface area contributed by atoms with Gasteiger partial charge in [-0.15, -0.1) is 0 Å². The Kier molecular flexibility index (Phi) is 3.62. The fourth-order valence-electron chi connectivity index (χ4n) is 2.49. The molecule has 4 heteroatoms. The van der Waals surface area contributed by atoms with Crippen molar-refractivity contribution in [1.29, 1.82) is 0 Å². The number of pyridine rings is 1. The molecule has 2 heterocycles. The number of nitrogens with one attached hydrogen (secondary N) is 1. The smallest absolute Gasteiger partial charge is 0.121 e. The highest BCUT2D eigenvalue weighted by atomic mass is 16.5. The average Bonchev–Trinajstić information content (AvgIpc) is 2.75. The second kappa shape index (κ2) is 5.55. The molecule has 19 heavy (non-hydrogen) atoms. The van der Waals surface area contributed by atoms with Gasteiger partial charge in [0.15, 0.2) is 0 Å². The minimum absolute atomic E-state index is 0.237. The molecule has 1 fully saturated rings. The molecule has 0 radical (unpaired) electrons. The summed E-state index contributed by atoms with van der Waals surface area (Å²) in [5, 5.41) is 4.69. The first-order valence-electron chi connectivity index (χ1n) is 6.62. The minimum Gasteiger partial charge on any atom is -0.497 e.